The van der Waals surface area contributed by atoms with Gasteiger partial charge in [0, 0.05) is 28.9 Å². The van der Waals surface area contributed by atoms with Crippen LogP contribution in [0, 0.1) is 6.92 Å². The van der Waals surface area contributed by atoms with E-state index in [1.807, 2.05) is 29.7 Å². The zero-order valence-corrected chi connectivity index (χ0v) is 18.5. The molecule has 0 bridgehead atoms. The van der Waals surface area contributed by atoms with Gasteiger partial charge in [-0.3, -0.25) is 24.7 Å². The average molecular weight is 452 g/mol. The molecule has 1 aliphatic rings. The van der Waals surface area contributed by atoms with Gasteiger partial charge in [-0.05, 0) is 31.2 Å². The maximum absolute atomic E-state index is 13.1. The van der Waals surface area contributed by atoms with E-state index in [1.165, 1.54) is 13.3 Å². The minimum atomic E-state index is -0.594. The number of ether oxygens (including phenoxy) is 1. The fourth-order valence-corrected chi connectivity index (χ4v) is 4.27. The van der Waals surface area contributed by atoms with Crippen molar-refractivity contribution in [1.29, 1.82) is 0 Å². The van der Waals surface area contributed by atoms with Gasteiger partial charge in [0.15, 0.2) is 0 Å². The molecule has 0 radical (unpaired) electrons. The summed E-state index contributed by atoms with van der Waals surface area (Å²) in [7, 11) is 1.52. The smallest absolute Gasteiger partial charge is 0.259 e. The third-order valence-corrected chi connectivity index (χ3v) is 5.82. The van der Waals surface area contributed by atoms with Crippen LogP contribution in [0.4, 0.5) is 0 Å². The van der Waals surface area contributed by atoms with Crippen molar-refractivity contribution in [2.75, 3.05) is 7.11 Å². The summed E-state index contributed by atoms with van der Waals surface area (Å²) in [5.41, 5.74) is 9.66. The van der Waals surface area contributed by atoms with E-state index in [0.717, 1.165) is 16.5 Å². The van der Waals surface area contributed by atoms with Crippen LogP contribution >= 0.6 is 0 Å². The minimum absolute atomic E-state index is 0.243. The molecule has 3 heterocycles. The van der Waals surface area contributed by atoms with E-state index in [1.54, 1.807) is 42.7 Å². The molecule has 3 N–H and O–H groups in total. The van der Waals surface area contributed by atoms with Gasteiger partial charge in [0.05, 0.1) is 41.2 Å². The van der Waals surface area contributed by atoms with Crippen LogP contribution in [0.25, 0.3) is 27.7 Å². The number of carbonyl (C=O) groups excluding carboxylic acids is 3. The number of hydrogen-bond donors (Lipinski definition) is 2. The molecule has 3 amide bonds. The summed E-state index contributed by atoms with van der Waals surface area (Å²) in [4.78, 5) is 41.8. The number of aromatic nitrogens is 2. The van der Waals surface area contributed by atoms with E-state index >= 15 is 0 Å². The summed E-state index contributed by atoms with van der Waals surface area (Å²) in [5.74, 6) is -1.09. The van der Waals surface area contributed by atoms with E-state index in [9.17, 15) is 14.4 Å². The number of fused-ring (bicyclic) bond motifs is 1. The number of nitrogens with one attached hydrogen (secondary N) is 1. The van der Waals surface area contributed by atoms with Gasteiger partial charge in [0.25, 0.3) is 11.8 Å². The summed E-state index contributed by atoms with van der Waals surface area (Å²) in [6, 6.07) is 14.5. The Morgan fingerprint density at radius 3 is 2.47 bits per heavy atom. The van der Waals surface area contributed by atoms with Crippen LogP contribution in [-0.2, 0) is 9.59 Å². The van der Waals surface area contributed by atoms with Gasteiger partial charge in [0.1, 0.15) is 5.75 Å². The normalized spacial score (nSPS) is 13.5. The number of methoxy groups -OCH3 is 1. The Bertz CT molecular complexity index is 1550. The average Bonchev–Trinajstić information content (AvgIpc) is 3.34. The standard InChI is InChI=1S/C26H20N4O4/c1-14-7-8-20-18(9-14)19(13-30(20)16-10-15(24(27)31)11-28-12-16)23-22(25(32)29-26(23)33)17-5-3-4-6-21(17)34-2/h3-13H,1-2H3,(H2,27,31)(H,29,32,33). The summed E-state index contributed by atoms with van der Waals surface area (Å²) in [6.45, 7) is 1.95. The molecular weight excluding hydrogens is 432 g/mol. The lowest BCUT2D eigenvalue weighted by Gasteiger charge is -2.09. The summed E-state index contributed by atoms with van der Waals surface area (Å²) < 4.78 is 7.29. The first-order chi connectivity index (χ1) is 16.4. The number of pyridine rings is 1. The molecule has 0 unspecified atom stereocenters. The third kappa shape index (κ3) is 3.32. The number of nitrogens with zero attached hydrogens (tertiary/aromatic N) is 2. The van der Waals surface area contributed by atoms with Crippen molar-refractivity contribution in [1.82, 2.24) is 14.9 Å². The van der Waals surface area contributed by atoms with Crippen LogP contribution in [0.15, 0.2) is 67.1 Å². The number of para-hydroxylation sites is 1. The highest BCUT2D eigenvalue weighted by molar-refractivity contribution is 6.50. The van der Waals surface area contributed by atoms with Crippen LogP contribution in [0.2, 0.25) is 0 Å². The first-order valence-electron chi connectivity index (χ1n) is 10.5. The quantitative estimate of drug-likeness (QED) is 0.452. The second-order valence-electron chi connectivity index (χ2n) is 7.96. The highest BCUT2D eigenvalue weighted by Gasteiger charge is 2.35. The van der Waals surface area contributed by atoms with Crippen LogP contribution in [0.3, 0.4) is 0 Å². The Labute approximate surface area is 194 Å². The molecule has 0 saturated carbocycles. The number of rotatable bonds is 5. The first kappa shape index (κ1) is 21.1. The monoisotopic (exact) mass is 452 g/mol. The van der Waals surface area contributed by atoms with Crippen molar-refractivity contribution in [3.05, 3.63) is 89.4 Å². The van der Waals surface area contributed by atoms with Gasteiger partial charge in [0.2, 0.25) is 5.91 Å². The fraction of sp³-hybridized carbons (Fsp3) is 0.0769. The largest absolute Gasteiger partial charge is 0.496 e. The van der Waals surface area contributed by atoms with Gasteiger partial charge in [-0.2, -0.15) is 0 Å². The molecule has 168 valence electrons. The SMILES string of the molecule is COc1ccccc1C1=C(c2cn(-c3cncc(C(N)=O)c3)c3ccc(C)cc23)C(=O)NC1=O. The lowest BCUT2D eigenvalue weighted by molar-refractivity contribution is -0.122. The molecule has 2 aromatic carbocycles. The van der Waals surface area contributed by atoms with E-state index in [2.05, 4.69) is 10.3 Å². The van der Waals surface area contributed by atoms with Crippen LogP contribution < -0.4 is 15.8 Å². The van der Waals surface area contributed by atoms with Gasteiger partial charge in [-0.1, -0.05) is 29.8 Å². The molecule has 4 aromatic rings. The zero-order valence-electron chi connectivity index (χ0n) is 18.5. The molecule has 0 fully saturated rings. The van der Waals surface area contributed by atoms with E-state index in [4.69, 9.17) is 10.5 Å². The molecule has 8 heteroatoms. The lowest BCUT2D eigenvalue weighted by atomic mass is 9.95. The highest BCUT2D eigenvalue weighted by Crippen LogP contribution is 2.39. The number of primary amides is 1. The van der Waals surface area contributed by atoms with Crippen molar-refractivity contribution in [3.63, 3.8) is 0 Å². The van der Waals surface area contributed by atoms with Crippen molar-refractivity contribution >= 4 is 39.8 Å². The molecule has 34 heavy (non-hydrogen) atoms. The third-order valence-electron chi connectivity index (χ3n) is 5.82. The van der Waals surface area contributed by atoms with Crippen LogP contribution in [-0.4, -0.2) is 34.4 Å². The Hall–Kier alpha value is -4.72. The van der Waals surface area contributed by atoms with E-state index in [0.29, 0.717) is 22.6 Å². The molecule has 0 aliphatic carbocycles. The second-order valence-corrected chi connectivity index (χ2v) is 7.96. The van der Waals surface area contributed by atoms with Gasteiger partial charge in [-0.25, -0.2) is 0 Å². The molecule has 8 nitrogen and oxygen atoms in total. The number of benzene rings is 2. The molecule has 0 atom stereocenters. The zero-order chi connectivity index (χ0) is 24.0. The minimum Gasteiger partial charge on any atom is -0.496 e. The summed E-state index contributed by atoms with van der Waals surface area (Å²) in [5, 5.41) is 3.20. The second kappa shape index (κ2) is 8.00. The fourth-order valence-electron chi connectivity index (χ4n) is 4.27. The summed E-state index contributed by atoms with van der Waals surface area (Å²) >= 11 is 0. The van der Waals surface area contributed by atoms with E-state index < -0.39 is 17.7 Å². The maximum atomic E-state index is 13.1. The maximum Gasteiger partial charge on any atom is 0.259 e. The van der Waals surface area contributed by atoms with Crippen molar-refractivity contribution in [2.24, 2.45) is 5.73 Å². The highest BCUT2D eigenvalue weighted by atomic mass is 16.5. The molecule has 2 aromatic heterocycles. The van der Waals surface area contributed by atoms with Gasteiger partial charge < -0.3 is 15.0 Å². The van der Waals surface area contributed by atoms with Gasteiger partial charge >= 0.3 is 0 Å². The Kier molecular flexibility index (Phi) is 4.98. The molecular formula is C26H20N4O4. The topological polar surface area (TPSA) is 116 Å². The summed E-state index contributed by atoms with van der Waals surface area (Å²) in [6.07, 6.45) is 4.77. The van der Waals surface area contributed by atoms with Crippen molar-refractivity contribution in [2.45, 2.75) is 6.92 Å². The predicted molar refractivity (Wildman–Crippen MR) is 127 cm³/mol. The van der Waals surface area contributed by atoms with Crippen molar-refractivity contribution in [3.8, 4) is 11.4 Å². The number of nitrogens with two attached hydrogens (primary N) is 1. The lowest BCUT2D eigenvalue weighted by Crippen LogP contribution is -2.22. The number of amides is 3. The van der Waals surface area contributed by atoms with E-state index in [-0.39, 0.29) is 16.7 Å². The van der Waals surface area contributed by atoms with Crippen molar-refractivity contribution < 1.29 is 19.1 Å². The Morgan fingerprint density at radius 2 is 1.74 bits per heavy atom. The number of carbonyl (C=O) groups is 3. The number of imide groups is 1. The molecule has 1 aliphatic heterocycles. The molecule has 0 spiro atoms. The number of aryl methyl sites for hydroxylation is 1. The Balaban J connectivity index is 1.83. The Morgan fingerprint density at radius 1 is 1.00 bits per heavy atom. The predicted octanol–water partition coefficient (Wildman–Crippen LogP) is 3.01. The van der Waals surface area contributed by atoms with Gasteiger partial charge in [-0.15, -0.1) is 0 Å². The van der Waals surface area contributed by atoms with Crippen LogP contribution in [0.1, 0.15) is 27.0 Å². The van der Waals surface area contributed by atoms with Crippen LogP contribution in [0.5, 0.6) is 5.75 Å². The molecule has 0 saturated heterocycles. The number of hydrogen-bond acceptors (Lipinski definition) is 5. The first-order valence-corrected chi connectivity index (χ1v) is 10.5. The molecule has 5 rings (SSSR count).